The van der Waals surface area contributed by atoms with E-state index in [1.54, 1.807) is 0 Å². The third-order valence-corrected chi connectivity index (χ3v) is 2.19. The van der Waals surface area contributed by atoms with Crippen LogP contribution in [0.3, 0.4) is 0 Å². The Labute approximate surface area is 108 Å². The molecule has 1 heterocycles. The largest absolute Gasteiger partial charge is 0.361 e. The molecule has 1 aromatic rings. The van der Waals surface area contributed by atoms with Gasteiger partial charge in [0.2, 0.25) is 11.9 Å². The molecule has 0 aliphatic carbocycles. The van der Waals surface area contributed by atoms with Crippen LogP contribution in [0.5, 0.6) is 0 Å². The van der Waals surface area contributed by atoms with Crippen LogP contribution >= 0.6 is 0 Å². The van der Waals surface area contributed by atoms with Crippen LogP contribution in [0.1, 0.15) is 26.0 Å². The molecular formula is C12H21N5O. The van der Waals surface area contributed by atoms with Crippen LogP contribution in [0.25, 0.3) is 0 Å². The van der Waals surface area contributed by atoms with Crippen molar-refractivity contribution in [3.05, 3.63) is 11.8 Å². The number of nitrogens with one attached hydrogen (secondary N) is 3. The third-order valence-electron chi connectivity index (χ3n) is 2.19. The first-order valence-corrected chi connectivity index (χ1v) is 6.25. The van der Waals surface area contributed by atoms with Gasteiger partial charge >= 0.3 is 0 Å². The summed E-state index contributed by atoms with van der Waals surface area (Å²) in [6, 6.07) is 1.81. The van der Waals surface area contributed by atoms with Gasteiger partial charge in [-0.1, -0.05) is 6.92 Å². The van der Waals surface area contributed by atoms with E-state index in [1.165, 1.54) is 0 Å². The highest BCUT2D eigenvalue weighted by atomic mass is 16.1. The van der Waals surface area contributed by atoms with Gasteiger partial charge in [0, 0.05) is 24.8 Å². The molecule has 0 aliphatic heterocycles. The average molecular weight is 251 g/mol. The van der Waals surface area contributed by atoms with E-state index in [0.29, 0.717) is 18.3 Å². The molecule has 0 fully saturated rings. The first-order valence-electron chi connectivity index (χ1n) is 6.25. The fraction of sp³-hybridized carbons (Fsp3) is 0.583. The van der Waals surface area contributed by atoms with E-state index in [2.05, 4.69) is 25.9 Å². The molecule has 1 aromatic heterocycles. The lowest BCUT2D eigenvalue weighted by atomic mass is 10.4. The highest BCUT2D eigenvalue weighted by Gasteiger charge is 2.03. The summed E-state index contributed by atoms with van der Waals surface area (Å²) in [6.07, 6.45) is 0.933. The van der Waals surface area contributed by atoms with Crippen molar-refractivity contribution in [2.45, 2.75) is 27.2 Å². The van der Waals surface area contributed by atoms with Gasteiger partial charge in [-0.3, -0.25) is 4.79 Å². The van der Waals surface area contributed by atoms with E-state index in [4.69, 9.17) is 0 Å². The quantitative estimate of drug-likeness (QED) is 0.677. The highest BCUT2D eigenvalue weighted by molar-refractivity contribution is 5.80. The summed E-state index contributed by atoms with van der Waals surface area (Å²) in [7, 11) is 0. The number of aryl methyl sites for hydroxylation is 1. The van der Waals surface area contributed by atoms with Gasteiger partial charge in [-0.05, 0) is 20.3 Å². The van der Waals surface area contributed by atoms with Crippen LogP contribution < -0.4 is 16.0 Å². The van der Waals surface area contributed by atoms with Gasteiger partial charge in [-0.15, -0.1) is 0 Å². The molecule has 1 amide bonds. The van der Waals surface area contributed by atoms with Crippen LogP contribution in [-0.4, -0.2) is 35.5 Å². The number of aromatic nitrogens is 2. The summed E-state index contributed by atoms with van der Waals surface area (Å²) in [5.41, 5.74) is 0.859. The monoisotopic (exact) mass is 251 g/mol. The Bertz CT molecular complexity index is 394. The van der Waals surface area contributed by atoms with Crippen LogP contribution in [0, 0.1) is 6.92 Å². The summed E-state index contributed by atoms with van der Waals surface area (Å²) in [4.78, 5) is 19.9. The number of anilines is 2. The van der Waals surface area contributed by atoms with E-state index in [1.807, 2.05) is 26.8 Å². The van der Waals surface area contributed by atoms with Crippen molar-refractivity contribution >= 4 is 17.7 Å². The Morgan fingerprint density at radius 1 is 1.28 bits per heavy atom. The van der Waals surface area contributed by atoms with Crippen molar-refractivity contribution in [2.75, 3.05) is 30.3 Å². The number of carbonyl (C=O) groups excluding carboxylic acids is 1. The molecule has 0 aromatic carbocycles. The number of nitrogens with zero attached hydrogens (tertiary/aromatic N) is 2. The van der Waals surface area contributed by atoms with Crippen LogP contribution in [-0.2, 0) is 4.79 Å². The van der Waals surface area contributed by atoms with Crippen LogP contribution in [0.4, 0.5) is 11.8 Å². The second-order valence-corrected chi connectivity index (χ2v) is 3.95. The first-order chi connectivity index (χ1) is 8.65. The highest BCUT2D eigenvalue weighted by Crippen LogP contribution is 2.08. The number of hydrogen-bond donors (Lipinski definition) is 3. The molecular weight excluding hydrogens is 230 g/mol. The van der Waals surface area contributed by atoms with Gasteiger partial charge in [0.15, 0.2) is 0 Å². The van der Waals surface area contributed by atoms with Crippen LogP contribution in [0.2, 0.25) is 0 Å². The summed E-state index contributed by atoms with van der Waals surface area (Å²) >= 11 is 0. The van der Waals surface area contributed by atoms with Crippen molar-refractivity contribution in [3.63, 3.8) is 0 Å². The Morgan fingerprint density at radius 2 is 2.06 bits per heavy atom. The van der Waals surface area contributed by atoms with E-state index >= 15 is 0 Å². The second kappa shape index (κ2) is 7.47. The average Bonchev–Trinajstić information content (AvgIpc) is 2.33. The Morgan fingerprint density at radius 3 is 2.72 bits per heavy atom. The molecule has 0 spiro atoms. The van der Waals surface area contributed by atoms with E-state index in [-0.39, 0.29) is 12.5 Å². The normalized spacial score (nSPS) is 9.94. The standard InChI is InChI=1S/C12H21N5O/c1-4-6-14-11(18)8-15-10-7-9(3)16-12(17-10)13-5-2/h7H,4-6,8H2,1-3H3,(H,14,18)(H2,13,15,16,17). The molecule has 18 heavy (non-hydrogen) atoms. The number of rotatable bonds is 7. The Balaban J connectivity index is 2.53. The van der Waals surface area contributed by atoms with Crippen molar-refractivity contribution in [1.29, 1.82) is 0 Å². The van der Waals surface area contributed by atoms with Crippen molar-refractivity contribution in [2.24, 2.45) is 0 Å². The van der Waals surface area contributed by atoms with Crippen LogP contribution in [0.15, 0.2) is 6.07 Å². The topological polar surface area (TPSA) is 78.9 Å². The predicted octanol–water partition coefficient (Wildman–Crippen LogP) is 1.15. The summed E-state index contributed by atoms with van der Waals surface area (Å²) in [5, 5.41) is 8.83. The molecule has 0 radical (unpaired) electrons. The molecule has 6 heteroatoms. The zero-order valence-electron chi connectivity index (χ0n) is 11.2. The lowest BCUT2D eigenvalue weighted by Crippen LogP contribution is -2.30. The second-order valence-electron chi connectivity index (χ2n) is 3.95. The fourth-order valence-corrected chi connectivity index (χ4v) is 1.39. The third kappa shape index (κ3) is 4.99. The summed E-state index contributed by atoms with van der Waals surface area (Å²) in [6.45, 7) is 7.58. The SMILES string of the molecule is CCCNC(=O)CNc1cc(C)nc(NCC)n1. The molecule has 6 nitrogen and oxygen atoms in total. The maximum atomic E-state index is 11.4. The molecule has 0 aliphatic rings. The number of carbonyl (C=O) groups is 1. The first kappa shape index (κ1) is 14.2. The molecule has 0 atom stereocenters. The minimum atomic E-state index is -0.0295. The molecule has 1 rings (SSSR count). The maximum absolute atomic E-state index is 11.4. The maximum Gasteiger partial charge on any atom is 0.239 e. The Kier molecular flexibility index (Phi) is 5.90. The molecule has 100 valence electrons. The van der Waals surface area contributed by atoms with Gasteiger partial charge in [-0.2, -0.15) is 4.98 Å². The lowest BCUT2D eigenvalue weighted by molar-refractivity contribution is -0.119. The van der Waals surface area contributed by atoms with Gasteiger partial charge < -0.3 is 16.0 Å². The zero-order chi connectivity index (χ0) is 13.4. The number of hydrogen-bond acceptors (Lipinski definition) is 5. The van der Waals surface area contributed by atoms with E-state index in [0.717, 1.165) is 18.7 Å². The summed E-state index contributed by atoms with van der Waals surface area (Å²) in [5.74, 6) is 1.21. The molecule has 3 N–H and O–H groups in total. The van der Waals surface area contributed by atoms with Crippen molar-refractivity contribution in [3.8, 4) is 0 Å². The molecule has 0 unspecified atom stereocenters. The van der Waals surface area contributed by atoms with E-state index < -0.39 is 0 Å². The smallest absolute Gasteiger partial charge is 0.239 e. The van der Waals surface area contributed by atoms with Gasteiger partial charge in [0.25, 0.3) is 0 Å². The molecule has 0 saturated heterocycles. The molecule has 0 bridgehead atoms. The van der Waals surface area contributed by atoms with Crippen molar-refractivity contribution in [1.82, 2.24) is 15.3 Å². The van der Waals surface area contributed by atoms with Crippen molar-refractivity contribution < 1.29 is 4.79 Å². The minimum absolute atomic E-state index is 0.0295. The minimum Gasteiger partial charge on any atom is -0.361 e. The van der Waals surface area contributed by atoms with E-state index in [9.17, 15) is 4.79 Å². The fourth-order valence-electron chi connectivity index (χ4n) is 1.39. The van der Waals surface area contributed by atoms with Gasteiger partial charge in [-0.25, -0.2) is 4.98 Å². The number of amides is 1. The van der Waals surface area contributed by atoms with Gasteiger partial charge in [0.1, 0.15) is 5.82 Å². The lowest BCUT2D eigenvalue weighted by Gasteiger charge is -2.09. The molecule has 0 saturated carbocycles. The zero-order valence-corrected chi connectivity index (χ0v) is 11.2. The summed E-state index contributed by atoms with van der Waals surface area (Å²) < 4.78 is 0. The Hall–Kier alpha value is -1.85. The predicted molar refractivity (Wildman–Crippen MR) is 72.7 cm³/mol. The van der Waals surface area contributed by atoms with Gasteiger partial charge in [0.05, 0.1) is 6.54 Å².